The van der Waals surface area contributed by atoms with Crippen LogP contribution in [0.1, 0.15) is 31.3 Å². The first-order chi connectivity index (χ1) is 7.65. The summed E-state index contributed by atoms with van der Waals surface area (Å²) in [6.45, 7) is 5.01. The van der Waals surface area contributed by atoms with Crippen molar-refractivity contribution >= 4 is 17.1 Å². The Morgan fingerprint density at radius 1 is 1.44 bits per heavy atom. The SMILES string of the molecule is CNCc1nc(C(C)C)n2c(Cl)cccc12. The zero-order valence-electron chi connectivity index (χ0n) is 9.79. The minimum atomic E-state index is 0.359. The van der Waals surface area contributed by atoms with Gasteiger partial charge in [-0.05, 0) is 19.2 Å². The summed E-state index contributed by atoms with van der Waals surface area (Å²) in [5, 5.41) is 3.85. The Kier molecular flexibility index (Phi) is 3.17. The van der Waals surface area contributed by atoms with Crippen molar-refractivity contribution in [2.24, 2.45) is 0 Å². The monoisotopic (exact) mass is 237 g/mol. The Bertz CT molecular complexity index is 502. The third kappa shape index (κ3) is 1.81. The minimum Gasteiger partial charge on any atom is -0.314 e. The van der Waals surface area contributed by atoms with Gasteiger partial charge in [0, 0.05) is 12.5 Å². The van der Waals surface area contributed by atoms with Crippen molar-refractivity contribution in [2.75, 3.05) is 7.05 Å². The molecule has 86 valence electrons. The van der Waals surface area contributed by atoms with E-state index in [1.807, 2.05) is 23.6 Å². The van der Waals surface area contributed by atoms with Crippen LogP contribution in [0.3, 0.4) is 0 Å². The van der Waals surface area contributed by atoms with Gasteiger partial charge in [-0.1, -0.05) is 31.5 Å². The summed E-state index contributed by atoms with van der Waals surface area (Å²) >= 11 is 6.22. The van der Waals surface area contributed by atoms with E-state index in [1.54, 1.807) is 0 Å². The molecule has 0 saturated carbocycles. The number of fused-ring (bicyclic) bond motifs is 1. The summed E-state index contributed by atoms with van der Waals surface area (Å²) in [5.41, 5.74) is 2.14. The van der Waals surface area contributed by atoms with Gasteiger partial charge >= 0.3 is 0 Å². The van der Waals surface area contributed by atoms with Gasteiger partial charge in [0.2, 0.25) is 0 Å². The topological polar surface area (TPSA) is 29.3 Å². The lowest BCUT2D eigenvalue weighted by atomic mass is 10.2. The molecule has 0 spiro atoms. The van der Waals surface area contributed by atoms with E-state index >= 15 is 0 Å². The summed E-state index contributed by atoms with van der Waals surface area (Å²) < 4.78 is 2.03. The second-order valence-corrected chi connectivity index (χ2v) is 4.56. The highest BCUT2D eigenvalue weighted by Crippen LogP contribution is 2.23. The molecule has 0 radical (unpaired) electrons. The normalized spacial score (nSPS) is 11.6. The second kappa shape index (κ2) is 4.44. The van der Waals surface area contributed by atoms with Crippen LogP contribution < -0.4 is 5.32 Å². The number of aromatic nitrogens is 2. The average Bonchev–Trinajstić information content (AvgIpc) is 2.60. The van der Waals surface area contributed by atoms with E-state index in [4.69, 9.17) is 11.6 Å². The molecule has 0 fully saturated rings. The zero-order chi connectivity index (χ0) is 11.7. The largest absolute Gasteiger partial charge is 0.314 e. The molecule has 0 aromatic carbocycles. The van der Waals surface area contributed by atoms with Crippen molar-refractivity contribution in [1.82, 2.24) is 14.7 Å². The number of pyridine rings is 1. The lowest BCUT2D eigenvalue weighted by Gasteiger charge is -2.05. The highest BCUT2D eigenvalue weighted by Gasteiger charge is 2.14. The molecule has 0 bridgehead atoms. The first kappa shape index (κ1) is 11.4. The third-order valence-corrected chi connectivity index (χ3v) is 2.87. The highest BCUT2D eigenvalue weighted by molar-refractivity contribution is 6.29. The molecule has 2 aromatic rings. The molecule has 0 aliphatic heterocycles. The summed E-state index contributed by atoms with van der Waals surface area (Å²) in [5.74, 6) is 1.38. The van der Waals surface area contributed by atoms with Crippen LogP contribution in [0, 0.1) is 0 Å². The lowest BCUT2D eigenvalue weighted by molar-refractivity contribution is 0.751. The standard InChI is InChI=1S/C12H16ClN3/c1-8(2)12-15-9(7-14-3)10-5-4-6-11(13)16(10)12/h4-6,8,14H,7H2,1-3H3. The van der Waals surface area contributed by atoms with Crippen LogP contribution in [-0.4, -0.2) is 16.4 Å². The molecule has 0 aliphatic rings. The molecule has 4 heteroatoms. The van der Waals surface area contributed by atoms with Crippen molar-refractivity contribution < 1.29 is 0 Å². The number of nitrogens with one attached hydrogen (secondary N) is 1. The van der Waals surface area contributed by atoms with E-state index in [1.165, 1.54) is 0 Å². The van der Waals surface area contributed by atoms with Crippen LogP contribution in [0.4, 0.5) is 0 Å². The smallest absolute Gasteiger partial charge is 0.117 e. The maximum Gasteiger partial charge on any atom is 0.117 e. The molecule has 0 saturated heterocycles. The fourth-order valence-electron chi connectivity index (χ4n) is 1.87. The van der Waals surface area contributed by atoms with Crippen LogP contribution in [0.2, 0.25) is 5.15 Å². The molecule has 0 atom stereocenters. The van der Waals surface area contributed by atoms with Crippen molar-refractivity contribution in [3.05, 3.63) is 34.9 Å². The molecule has 16 heavy (non-hydrogen) atoms. The van der Waals surface area contributed by atoms with Gasteiger partial charge in [0.05, 0.1) is 11.2 Å². The first-order valence-electron chi connectivity index (χ1n) is 5.45. The van der Waals surface area contributed by atoms with Gasteiger partial charge in [-0.2, -0.15) is 0 Å². The van der Waals surface area contributed by atoms with E-state index in [0.717, 1.165) is 28.7 Å². The number of imidazole rings is 1. The van der Waals surface area contributed by atoms with Crippen molar-refractivity contribution in [2.45, 2.75) is 26.3 Å². The Hall–Kier alpha value is -1.06. The third-order valence-electron chi connectivity index (χ3n) is 2.58. The predicted molar refractivity (Wildman–Crippen MR) is 67.1 cm³/mol. The van der Waals surface area contributed by atoms with Gasteiger partial charge in [-0.15, -0.1) is 0 Å². The minimum absolute atomic E-state index is 0.359. The number of hydrogen-bond acceptors (Lipinski definition) is 2. The fraction of sp³-hybridized carbons (Fsp3) is 0.417. The van der Waals surface area contributed by atoms with Crippen LogP contribution in [0.5, 0.6) is 0 Å². The van der Waals surface area contributed by atoms with E-state index < -0.39 is 0 Å². The van der Waals surface area contributed by atoms with Gasteiger partial charge in [0.15, 0.2) is 0 Å². The summed E-state index contributed by atoms with van der Waals surface area (Å²) in [6.07, 6.45) is 0. The van der Waals surface area contributed by atoms with E-state index in [0.29, 0.717) is 5.92 Å². The molecule has 0 unspecified atom stereocenters. The molecular formula is C12H16ClN3. The van der Waals surface area contributed by atoms with E-state index in [2.05, 4.69) is 30.2 Å². The van der Waals surface area contributed by atoms with Gasteiger partial charge in [-0.3, -0.25) is 4.40 Å². The van der Waals surface area contributed by atoms with Crippen LogP contribution in [0.25, 0.3) is 5.52 Å². The van der Waals surface area contributed by atoms with Gasteiger partial charge in [0.1, 0.15) is 11.0 Å². The summed E-state index contributed by atoms with van der Waals surface area (Å²) in [6, 6.07) is 5.91. The average molecular weight is 238 g/mol. The molecule has 2 rings (SSSR count). The number of halogens is 1. The summed E-state index contributed by atoms with van der Waals surface area (Å²) in [7, 11) is 1.92. The van der Waals surface area contributed by atoms with Gasteiger partial charge < -0.3 is 5.32 Å². The molecule has 3 nitrogen and oxygen atoms in total. The molecule has 0 aliphatic carbocycles. The van der Waals surface area contributed by atoms with Crippen LogP contribution in [-0.2, 0) is 6.54 Å². The van der Waals surface area contributed by atoms with E-state index in [9.17, 15) is 0 Å². The lowest BCUT2D eigenvalue weighted by Crippen LogP contribution is -2.05. The van der Waals surface area contributed by atoms with E-state index in [-0.39, 0.29) is 0 Å². The summed E-state index contributed by atoms with van der Waals surface area (Å²) in [4.78, 5) is 4.66. The first-order valence-corrected chi connectivity index (χ1v) is 5.83. The van der Waals surface area contributed by atoms with Gasteiger partial charge in [-0.25, -0.2) is 4.98 Å². The number of hydrogen-bond donors (Lipinski definition) is 1. The predicted octanol–water partition coefficient (Wildman–Crippen LogP) is 2.83. The second-order valence-electron chi connectivity index (χ2n) is 4.17. The fourth-order valence-corrected chi connectivity index (χ4v) is 2.12. The maximum absolute atomic E-state index is 6.22. The number of rotatable bonds is 3. The van der Waals surface area contributed by atoms with Crippen molar-refractivity contribution in [1.29, 1.82) is 0 Å². The van der Waals surface area contributed by atoms with Crippen molar-refractivity contribution in [3.63, 3.8) is 0 Å². The molecule has 1 N–H and O–H groups in total. The van der Waals surface area contributed by atoms with Crippen LogP contribution >= 0.6 is 11.6 Å². The highest BCUT2D eigenvalue weighted by atomic mass is 35.5. The van der Waals surface area contributed by atoms with Crippen molar-refractivity contribution in [3.8, 4) is 0 Å². The molecule has 2 aromatic heterocycles. The zero-order valence-corrected chi connectivity index (χ0v) is 10.5. The maximum atomic E-state index is 6.22. The Labute approximate surface area is 100 Å². The quantitative estimate of drug-likeness (QED) is 0.832. The molecule has 0 amide bonds. The number of nitrogens with zero attached hydrogens (tertiary/aromatic N) is 2. The van der Waals surface area contributed by atoms with Gasteiger partial charge in [0.25, 0.3) is 0 Å². The Balaban J connectivity index is 2.71. The molecular weight excluding hydrogens is 222 g/mol. The Morgan fingerprint density at radius 2 is 2.19 bits per heavy atom. The molecule has 2 heterocycles. The Morgan fingerprint density at radius 3 is 2.81 bits per heavy atom. The van der Waals surface area contributed by atoms with Crippen LogP contribution in [0.15, 0.2) is 18.2 Å².